The van der Waals surface area contributed by atoms with Crippen molar-refractivity contribution in [3.63, 3.8) is 0 Å². The number of hydrogen-bond donors (Lipinski definition) is 0. The minimum Gasteiger partial charge on any atom is -0.294 e. The highest BCUT2D eigenvalue weighted by molar-refractivity contribution is 6.11. The van der Waals surface area contributed by atoms with Crippen LogP contribution in [0.5, 0.6) is 0 Å². The number of rotatable bonds is 8. The zero-order valence-corrected chi connectivity index (χ0v) is 21.4. The van der Waals surface area contributed by atoms with Gasteiger partial charge in [0.05, 0.1) is 6.54 Å². The average Bonchev–Trinajstić information content (AvgIpc) is 3.52. The first-order valence-corrected chi connectivity index (χ1v) is 14.0. The van der Waals surface area contributed by atoms with Crippen LogP contribution in [-0.4, -0.2) is 18.5 Å². The van der Waals surface area contributed by atoms with Crippen molar-refractivity contribution in [3.8, 4) is 0 Å². The highest BCUT2D eigenvalue weighted by Crippen LogP contribution is 2.56. The van der Waals surface area contributed by atoms with Gasteiger partial charge in [0.15, 0.2) is 5.78 Å². The molecule has 0 saturated heterocycles. The molecule has 2 unspecified atom stereocenters. The lowest BCUT2D eigenvalue weighted by molar-refractivity contribution is 0.0594. The molecule has 0 radical (unpaired) electrons. The highest BCUT2D eigenvalue weighted by Gasteiger charge is 2.49. The van der Waals surface area contributed by atoms with E-state index in [0.29, 0.717) is 18.1 Å². The first-order valence-electron chi connectivity index (χ1n) is 14.0. The lowest BCUT2D eigenvalue weighted by Gasteiger charge is -2.53. The van der Waals surface area contributed by atoms with E-state index in [2.05, 4.69) is 67.4 Å². The summed E-state index contributed by atoms with van der Waals surface area (Å²) in [4.78, 5) is 17.4. The number of fused-ring (bicyclic) bond motifs is 4. The molecule has 0 spiro atoms. The predicted octanol–water partition coefficient (Wildman–Crippen LogP) is 7.64. The van der Waals surface area contributed by atoms with E-state index < -0.39 is 0 Å². The van der Waals surface area contributed by atoms with E-state index in [1.54, 1.807) is 0 Å². The van der Waals surface area contributed by atoms with Crippen molar-refractivity contribution < 1.29 is 4.79 Å². The van der Waals surface area contributed by atoms with Crippen molar-refractivity contribution in [2.24, 2.45) is 28.7 Å². The number of benzene rings is 2. The van der Waals surface area contributed by atoms with Crippen molar-refractivity contribution in [1.29, 1.82) is 0 Å². The molecule has 6 rings (SSSR count). The first-order chi connectivity index (χ1) is 17.0. The summed E-state index contributed by atoms with van der Waals surface area (Å²) < 4.78 is 0. The summed E-state index contributed by atoms with van der Waals surface area (Å²) in [6.07, 6.45) is 14.9. The number of nitrogens with zero attached hydrogens (tertiary/aromatic N) is 1. The van der Waals surface area contributed by atoms with Gasteiger partial charge in [0.25, 0.3) is 0 Å². The Bertz CT molecular complexity index is 1170. The van der Waals surface area contributed by atoms with Crippen LogP contribution >= 0.6 is 0 Å². The molecule has 2 nitrogen and oxygen atoms in total. The number of allylic oxidation sites excluding steroid dienone is 1. The van der Waals surface area contributed by atoms with E-state index in [4.69, 9.17) is 0 Å². The first kappa shape index (κ1) is 23.0. The third kappa shape index (κ3) is 4.46. The van der Waals surface area contributed by atoms with E-state index in [-0.39, 0.29) is 5.41 Å². The third-order valence-corrected chi connectivity index (χ3v) is 9.93. The van der Waals surface area contributed by atoms with Gasteiger partial charge in [0.1, 0.15) is 0 Å². The number of carbonyl (C=O) groups is 1. The summed E-state index contributed by atoms with van der Waals surface area (Å²) in [5, 5.41) is 0. The van der Waals surface area contributed by atoms with Crippen molar-refractivity contribution in [2.75, 3.05) is 6.54 Å². The molecule has 2 bridgehead atoms. The number of Topliss-reactive ketones (excluding diaryl/α,β-unsaturated/α-hetero) is 1. The number of aliphatic imine (C=N–C) groups is 1. The van der Waals surface area contributed by atoms with Crippen LogP contribution in [0.15, 0.2) is 53.5 Å². The van der Waals surface area contributed by atoms with Gasteiger partial charge in [-0.15, -0.1) is 0 Å². The number of hydrogen-bond acceptors (Lipinski definition) is 2. The Balaban J connectivity index is 1.10. The zero-order valence-electron chi connectivity index (χ0n) is 21.4. The van der Waals surface area contributed by atoms with Gasteiger partial charge in [-0.2, -0.15) is 0 Å². The van der Waals surface area contributed by atoms with Gasteiger partial charge >= 0.3 is 0 Å². The largest absolute Gasteiger partial charge is 0.294 e. The fourth-order valence-corrected chi connectivity index (χ4v) is 7.33. The minimum atomic E-state index is 0.232. The Labute approximate surface area is 210 Å². The molecule has 2 saturated carbocycles. The van der Waals surface area contributed by atoms with Gasteiger partial charge < -0.3 is 0 Å². The minimum absolute atomic E-state index is 0.232. The molecule has 0 aromatic heterocycles. The Morgan fingerprint density at radius 2 is 1.91 bits per heavy atom. The number of aryl methyl sites for hydroxylation is 1. The van der Waals surface area contributed by atoms with E-state index in [1.165, 1.54) is 66.4 Å². The van der Waals surface area contributed by atoms with E-state index in [1.807, 2.05) is 6.21 Å². The van der Waals surface area contributed by atoms with Gasteiger partial charge in [0.2, 0.25) is 0 Å². The second-order valence-corrected chi connectivity index (χ2v) is 12.1. The average molecular weight is 466 g/mol. The van der Waals surface area contributed by atoms with Crippen LogP contribution in [0, 0.1) is 23.7 Å². The second kappa shape index (κ2) is 9.19. The molecule has 4 aliphatic rings. The quantitative estimate of drug-likeness (QED) is 0.368. The van der Waals surface area contributed by atoms with Crippen LogP contribution in [0.3, 0.4) is 0 Å². The van der Waals surface area contributed by atoms with Gasteiger partial charge in [-0.1, -0.05) is 69.2 Å². The second-order valence-electron chi connectivity index (χ2n) is 12.1. The molecule has 35 heavy (non-hydrogen) atoms. The third-order valence-electron chi connectivity index (χ3n) is 9.93. The molecule has 2 fully saturated rings. The van der Waals surface area contributed by atoms with E-state index >= 15 is 0 Å². The van der Waals surface area contributed by atoms with Crippen molar-refractivity contribution >= 4 is 17.6 Å². The van der Waals surface area contributed by atoms with Crippen LogP contribution in [0.2, 0.25) is 0 Å². The summed E-state index contributed by atoms with van der Waals surface area (Å²) in [5.41, 5.74) is 7.91. The number of carbonyl (C=O) groups excluding carboxylic acids is 1. The molecule has 3 aliphatic carbocycles. The fourth-order valence-electron chi connectivity index (χ4n) is 7.33. The molecule has 0 N–H and O–H groups in total. The topological polar surface area (TPSA) is 29.4 Å². The zero-order chi connectivity index (χ0) is 24.0. The smallest absolute Gasteiger partial charge is 0.162 e. The van der Waals surface area contributed by atoms with Crippen LogP contribution in [0.1, 0.15) is 91.4 Å². The Morgan fingerprint density at radius 3 is 2.66 bits per heavy atom. The maximum Gasteiger partial charge on any atom is 0.162 e. The number of ketones is 1. The lowest BCUT2D eigenvalue weighted by Crippen LogP contribution is -2.48. The molecular weight excluding hydrogens is 426 g/mol. The van der Waals surface area contributed by atoms with Gasteiger partial charge in [-0.05, 0) is 102 Å². The highest BCUT2D eigenvalue weighted by atomic mass is 16.1. The fraction of sp³-hybridized carbons (Fsp3) is 0.515. The molecule has 1 heterocycles. The standard InChI is InChI=1S/C33H39NO/c1-22-30-19-27-12-13-28(20-31(27)33(22,2)16-14-26(30)18-24-6-7-24)32(35)5-3-4-23-8-10-25(11-9-23)29-15-17-34-21-29/h8-13,15,20-22,24,26,30H,3-7,14,16-19H2,1-2H3/t22-,26?,30?,33-/m0/s1. The van der Waals surface area contributed by atoms with Gasteiger partial charge in [-0.25, -0.2) is 0 Å². The molecule has 2 aromatic carbocycles. The molecule has 2 aromatic rings. The van der Waals surface area contributed by atoms with Crippen LogP contribution in [0.4, 0.5) is 0 Å². The molecule has 4 atom stereocenters. The van der Waals surface area contributed by atoms with E-state index in [0.717, 1.165) is 42.7 Å². The predicted molar refractivity (Wildman–Crippen MR) is 145 cm³/mol. The molecule has 0 amide bonds. The summed E-state index contributed by atoms with van der Waals surface area (Å²) in [5.74, 6) is 3.78. The Kier molecular flexibility index (Phi) is 6.03. The summed E-state index contributed by atoms with van der Waals surface area (Å²) in [7, 11) is 0. The van der Waals surface area contributed by atoms with Crippen molar-refractivity contribution in [3.05, 3.63) is 76.4 Å². The van der Waals surface area contributed by atoms with E-state index in [9.17, 15) is 4.79 Å². The van der Waals surface area contributed by atoms with Crippen LogP contribution in [-0.2, 0) is 18.3 Å². The molecule has 2 heteroatoms. The summed E-state index contributed by atoms with van der Waals surface area (Å²) in [6, 6.07) is 15.5. The Morgan fingerprint density at radius 1 is 1.09 bits per heavy atom. The Hall–Kier alpha value is -2.48. The summed E-state index contributed by atoms with van der Waals surface area (Å²) >= 11 is 0. The van der Waals surface area contributed by atoms with Crippen molar-refractivity contribution in [2.45, 2.75) is 77.0 Å². The lowest BCUT2D eigenvalue weighted by atomic mass is 9.51. The normalized spacial score (nSPS) is 29.1. The van der Waals surface area contributed by atoms with Crippen LogP contribution < -0.4 is 0 Å². The van der Waals surface area contributed by atoms with Crippen molar-refractivity contribution in [1.82, 2.24) is 0 Å². The maximum absolute atomic E-state index is 13.2. The monoisotopic (exact) mass is 465 g/mol. The molecule has 1 aliphatic heterocycles. The van der Waals surface area contributed by atoms with Gasteiger partial charge in [0, 0.05) is 18.2 Å². The maximum atomic E-state index is 13.2. The SMILES string of the molecule is C[C@H]1C2Cc3ccc(C(=O)CCCc4ccc(C5=CCN=C5)cc4)cc3[C@@]1(C)CCC2CC1CC1. The van der Waals surface area contributed by atoms with Gasteiger partial charge in [-0.3, -0.25) is 9.79 Å². The molecule has 182 valence electrons. The van der Waals surface area contributed by atoms with Crippen LogP contribution in [0.25, 0.3) is 5.57 Å². The molecular formula is C33H39NO. The summed E-state index contributed by atoms with van der Waals surface area (Å²) in [6.45, 7) is 5.78.